The van der Waals surface area contributed by atoms with Crippen LogP contribution < -0.4 is 5.73 Å². The zero-order valence-electron chi connectivity index (χ0n) is 7.43. The van der Waals surface area contributed by atoms with Gasteiger partial charge in [-0.1, -0.05) is 0 Å². The molecule has 0 amide bonds. The third-order valence-electron chi connectivity index (χ3n) is 2.10. The van der Waals surface area contributed by atoms with Crippen molar-refractivity contribution >= 4 is 5.97 Å². The van der Waals surface area contributed by atoms with Gasteiger partial charge in [0, 0.05) is 0 Å². The van der Waals surface area contributed by atoms with Crippen molar-refractivity contribution < 1.29 is 18.3 Å². The average molecular weight is 193 g/mol. The molecular formula is C8H13F2NO2. The molecule has 0 aliphatic heterocycles. The molecule has 0 aromatic rings. The van der Waals surface area contributed by atoms with Crippen LogP contribution in [0.3, 0.4) is 0 Å². The molecule has 1 aliphatic carbocycles. The minimum Gasteiger partial charge on any atom is -0.462 e. The molecule has 1 atom stereocenters. The molecule has 2 N–H and O–H groups in total. The third kappa shape index (κ3) is 2.15. The summed E-state index contributed by atoms with van der Waals surface area (Å²) in [4.78, 5) is 10.8. The summed E-state index contributed by atoms with van der Waals surface area (Å²) in [6.45, 7) is 1.43. The SMILES string of the molecule is CCOC(=O)C(F)(F)[C@@H](N)C1CC1. The van der Waals surface area contributed by atoms with Gasteiger partial charge < -0.3 is 10.5 Å². The molecule has 0 radical (unpaired) electrons. The van der Waals surface area contributed by atoms with Gasteiger partial charge in [0.05, 0.1) is 12.6 Å². The molecule has 0 saturated heterocycles. The van der Waals surface area contributed by atoms with E-state index in [9.17, 15) is 13.6 Å². The van der Waals surface area contributed by atoms with E-state index in [1.807, 2.05) is 0 Å². The fourth-order valence-electron chi connectivity index (χ4n) is 1.11. The van der Waals surface area contributed by atoms with Crippen molar-refractivity contribution in [2.24, 2.45) is 11.7 Å². The molecule has 0 spiro atoms. The summed E-state index contributed by atoms with van der Waals surface area (Å²) in [5.74, 6) is -5.26. The van der Waals surface area contributed by atoms with Gasteiger partial charge >= 0.3 is 11.9 Å². The number of hydrogen-bond acceptors (Lipinski definition) is 3. The molecule has 13 heavy (non-hydrogen) atoms. The number of carbonyl (C=O) groups is 1. The lowest BCUT2D eigenvalue weighted by atomic mass is 10.1. The molecule has 5 heteroatoms. The van der Waals surface area contributed by atoms with Gasteiger partial charge in [-0.05, 0) is 25.7 Å². The maximum atomic E-state index is 13.1. The topological polar surface area (TPSA) is 52.3 Å². The molecule has 1 fully saturated rings. The van der Waals surface area contributed by atoms with Gasteiger partial charge in [0.15, 0.2) is 0 Å². The van der Waals surface area contributed by atoms with Crippen LogP contribution in [0.25, 0.3) is 0 Å². The zero-order chi connectivity index (χ0) is 10.1. The molecule has 76 valence electrons. The fourth-order valence-corrected chi connectivity index (χ4v) is 1.11. The van der Waals surface area contributed by atoms with Crippen LogP contribution in [-0.4, -0.2) is 24.5 Å². The molecule has 0 aromatic heterocycles. The van der Waals surface area contributed by atoms with Crippen LogP contribution in [0.15, 0.2) is 0 Å². The van der Waals surface area contributed by atoms with Gasteiger partial charge in [-0.25, -0.2) is 4.79 Å². The van der Waals surface area contributed by atoms with Crippen molar-refractivity contribution in [1.82, 2.24) is 0 Å². The smallest absolute Gasteiger partial charge is 0.378 e. The second kappa shape index (κ2) is 3.57. The number of alkyl halides is 2. The van der Waals surface area contributed by atoms with Crippen molar-refractivity contribution in [3.8, 4) is 0 Å². The van der Waals surface area contributed by atoms with Crippen LogP contribution >= 0.6 is 0 Å². The lowest BCUT2D eigenvalue weighted by molar-refractivity contribution is -0.175. The first kappa shape index (κ1) is 10.4. The van der Waals surface area contributed by atoms with Gasteiger partial charge in [0.1, 0.15) is 0 Å². The normalized spacial score (nSPS) is 19.7. The van der Waals surface area contributed by atoms with E-state index < -0.39 is 17.9 Å². The highest BCUT2D eigenvalue weighted by Gasteiger charge is 2.52. The van der Waals surface area contributed by atoms with Crippen molar-refractivity contribution in [2.45, 2.75) is 31.7 Å². The summed E-state index contributed by atoms with van der Waals surface area (Å²) in [6, 6.07) is -1.38. The Balaban J connectivity index is 2.56. The van der Waals surface area contributed by atoms with Gasteiger partial charge in [-0.2, -0.15) is 8.78 Å². The quantitative estimate of drug-likeness (QED) is 0.675. The standard InChI is InChI=1S/C8H13F2NO2/c1-2-13-7(12)8(9,10)6(11)5-3-4-5/h5-6H,2-4,11H2,1H3/t6-/m0/s1. The Morgan fingerprint density at radius 3 is 2.62 bits per heavy atom. The van der Waals surface area contributed by atoms with Gasteiger partial charge in [0.25, 0.3) is 0 Å². The number of halogens is 2. The largest absolute Gasteiger partial charge is 0.462 e. The van der Waals surface area contributed by atoms with E-state index >= 15 is 0 Å². The Labute approximate surface area is 75.2 Å². The molecule has 0 heterocycles. The van der Waals surface area contributed by atoms with Gasteiger partial charge in [-0.15, -0.1) is 0 Å². The molecular weight excluding hydrogens is 180 g/mol. The van der Waals surface area contributed by atoms with Crippen LogP contribution in [0.5, 0.6) is 0 Å². The van der Waals surface area contributed by atoms with Crippen LogP contribution in [-0.2, 0) is 9.53 Å². The summed E-state index contributed by atoms with van der Waals surface area (Å²) in [5, 5.41) is 0. The first-order chi connectivity index (χ1) is 6.00. The van der Waals surface area contributed by atoms with E-state index in [0.717, 1.165) is 0 Å². The van der Waals surface area contributed by atoms with Gasteiger partial charge in [0.2, 0.25) is 0 Å². The van der Waals surface area contributed by atoms with E-state index in [-0.39, 0.29) is 12.5 Å². The number of carbonyl (C=O) groups excluding carboxylic acids is 1. The highest BCUT2D eigenvalue weighted by Crippen LogP contribution is 2.38. The zero-order valence-corrected chi connectivity index (χ0v) is 7.43. The van der Waals surface area contributed by atoms with Gasteiger partial charge in [-0.3, -0.25) is 0 Å². The Bertz CT molecular complexity index is 204. The summed E-state index contributed by atoms with van der Waals surface area (Å²) in [5.41, 5.74) is 5.24. The number of ether oxygens (including phenoxy) is 1. The fraction of sp³-hybridized carbons (Fsp3) is 0.875. The molecule has 1 saturated carbocycles. The summed E-state index contributed by atoms with van der Waals surface area (Å²) in [7, 11) is 0. The minimum absolute atomic E-state index is 0.0498. The summed E-state index contributed by atoms with van der Waals surface area (Å²) >= 11 is 0. The predicted molar refractivity (Wildman–Crippen MR) is 42.3 cm³/mol. The van der Waals surface area contributed by atoms with Crippen molar-refractivity contribution in [3.05, 3.63) is 0 Å². The predicted octanol–water partition coefficient (Wildman–Crippen LogP) is 0.922. The third-order valence-corrected chi connectivity index (χ3v) is 2.10. The molecule has 0 bridgehead atoms. The van der Waals surface area contributed by atoms with Crippen molar-refractivity contribution in [2.75, 3.05) is 6.61 Å². The second-order valence-corrected chi connectivity index (χ2v) is 3.21. The Morgan fingerprint density at radius 1 is 1.69 bits per heavy atom. The Kier molecular flexibility index (Phi) is 2.85. The Hall–Kier alpha value is -0.710. The summed E-state index contributed by atoms with van der Waals surface area (Å²) < 4.78 is 30.4. The molecule has 1 rings (SSSR count). The van der Waals surface area contributed by atoms with Crippen LogP contribution in [0, 0.1) is 5.92 Å². The van der Waals surface area contributed by atoms with Crippen LogP contribution in [0.1, 0.15) is 19.8 Å². The molecule has 0 aromatic carbocycles. The average Bonchev–Trinajstić information content (AvgIpc) is 2.86. The number of rotatable bonds is 4. The van der Waals surface area contributed by atoms with Crippen molar-refractivity contribution in [3.63, 3.8) is 0 Å². The van der Waals surface area contributed by atoms with E-state index in [0.29, 0.717) is 12.8 Å². The summed E-state index contributed by atoms with van der Waals surface area (Å²) in [6.07, 6.45) is 1.35. The molecule has 0 unspecified atom stereocenters. The van der Waals surface area contributed by atoms with E-state index in [1.54, 1.807) is 0 Å². The molecule has 3 nitrogen and oxygen atoms in total. The van der Waals surface area contributed by atoms with E-state index in [4.69, 9.17) is 5.73 Å². The maximum Gasteiger partial charge on any atom is 0.378 e. The first-order valence-electron chi connectivity index (χ1n) is 4.30. The van der Waals surface area contributed by atoms with E-state index in [1.165, 1.54) is 6.92 Å². The number of nitrogens with two attached hydrogens (primary N) is 1. The van der Waals surface area contributed by atoms with E-state index in [2.05, 4.69) is 4.74 Å². The van der Waals surface area contributed by atoms with Crippen LogP contribution in [0.4, 0.5) is 8.78 Å². The highest BCUT2D eigenvalue weighted by atomic mass is 19.3. The lowest BCUT2D eigenvalue weighted by Crippen LogP contribution is -2.49. The monoisotopic (exact) mass is 193 g/mol. The van der Waals surface area contributed by atoms with Crippen LogP contribution in [0.2, 0.25) is 0 Å². The molecule has 1 aliphatic rings. The minimum atomic E-state index is -3.53. The Morgan fingerprint density at radius 2 is 2.23 bits per heavy atom. The number of hydrogen-bond donors (Lipinski definition) is 1. The van der Waals surface area contributed by atoms with Crippen molar-refractivity contribution in [1.29, 1.82) is 0 Å². The highest BCUT2D eigenvalue weighted by molar-refractivity contribution is 5.78. The lowest BCUT2D eigenvalue weighted by Gasteiger charge is -2.20. The second-order valence-electron chi connectivity index (χ2n) is 3.21. The number of esters is 1. The first-order valence-corrected chi connectivity index (χ1v) is 4.30. The maximum absolute atomic E-state index is 13.1.